The highest BCUT2D eigenvalue weighted by Crippen LogP contribution is 2.04. The second kappa shape index (κ2) is 6.58. The number of benzene rings is 1. The number of amides is 1. The van der Waals surface area contributed by atoms with Crippen LogP contribution in [0, 0.1) is 5.82 Å². The molecule has 0 aliphatic rings. The third-order valence-corrected chi connectivity index (χ3v) is 2.63. The van der Waals surface area contributed by atoms with Gasteiger partial charge < -0.3 is 10.7 Å². The van der Waals surface area contributed by atoms with Crippen molar-refractivity contribution in [3.8, 4) is 0 Å². The Morgan fingerprint density at radius 1 is 1.25 bits per heavy atom. The van der Waals surface area contributed by atoms with Gasteiger partial charge in [0, 0.05) is 6.54 Å². The lowest BCUT2D eigenvalue weighted by molar-refractivity contribution is 0.0948. The standard InChI is InChI=1S/C13H14FN5O/c14-10-3-1-2-9(8-10)6-7-16-13(20)11-4-5-12(17-15)19-18-11/h1-5,8H,6-7,15H2,(H,16,20)(H,17,19). The van der Waals surface area contributed by atoms with Crippen molar-refractivity contribution in [2.45, 2.75) is 6.42 Å². The number of hydrogen-bond acceptors (Lipinski definition) is 5. The van der Waals surface area contributed by atoms with Gasteiger partial charge in [-0.05, 0) is 36.2 Å². The van der Waals surface area contributed by atoms with Crippen LogP contribution in [0.15, 0.2) is 36.4 Å². The highest BCUT2D eigenvalue weighted by atomic mass is 19.1. The molecule has 6 nitrogen and oxygen atoms in total. The first kappa shape index (κ1) is 13.9. The van der Waals surface area contributed by atoms with Crippen molar-refractivity contribution in [2.24, 2.45) is 5.84 Å². The summed E-state index contributed by atoms with van der Waals surface area (Å²) in [6.45, 7) is 0.390. The second-order valence-electron chi connectivity index (χ2n) is 4.08. The number of nitrogens with zero attached hydrogens (tertiary/aromatic N) is 2. The molecule has 0 radical (unpaired) electrons. The Morgan fingerprint density at radius 3 is 2.75 bits per heavy atom. The zero-order chi connectivity index (χ0) is 14.4. The molecule has 0 fully saturated rings. The van der Waals surface area contributed by atoms with E-state index >= 15 is 0 Å². The molecule has 1 amide bonds. The Kier molecular flexibility index (Phi) is 4.56. The molecule has 0 aliphatic heterocycles. The number of nitrogen functional groups attached to an aromatic ring is 1. The first-order valence-electron chi connectivity index (χ1n) is 6.02. The molecule has 1 aromatic carbocycles. The fraction of sp³-hybridized carbons (Fsp3) is 0.154. The van der Waals surface area contributed by atoms with Gasteiger partial charge >= 0.3 is 0 Å². The van der Waals surface area contributed by atoms with E-state index < -0.39 is 0 Å². The zero-order valence-electron chi connectivity index (χ0n) is 10.6. The molecular formula is C13H14FN5O. The molecule has 0 bridgehead atoms. The van der Waals surface area contributed by atoms with Gasteiger partial charge in [-0.15, -0.1) is 10.2 Å². The molecule has 1 aromatic heterocycles. The van der Waals surface area contributed by atoms with Crippen molar-refractivity contribution in [2.75, 3.05) is 12.0 Å². The molecule has 0 spiro atoms. The average molecular weight is 275 g/mol. The molecule has 0 saturated carbocycles. The van der Waals surface area contributed by atoms with E-state index in [1.165, 1.54) is 18.2 Å². The third kappa shape index (κ3) is 3.72. The molecule has 0 saturated heterocycles. The van der Waals surface area contributed by atoms with E-state index in [0.717, 1.165) is 5.56 Å². The van der Waals surface area contributed by atoms with Crippen LogP contribution in [-0.2, 0) is 6.42 Å². The number of hydrogen-bond donors (Lipinski definition) is 3. The molecule has 0 aliphatic carbocycles. The predicted octanol–water partition coefficient (Wildman–Crippen LogP) is 0.874. The molecule has 20 heavy (non-hydrogen) atoms. The van der Waals surface area contributed by atoms with Gasteiger partial charge in [0.25, 0.3) is 5.91 Å². The highest BCUT2D eigenvalue weighted by Gasteiger charge is 2.07. The number of carbonyl (C=O) groups is 1. The maximum absolute atomic E-state index is 13.0. The van der Waals surface area contributed by atoms with E-state index in [-0.39, 0.29) is 17.4 Å². The monoisotopic (exact) mass is 275 g/mol. The van der Waals surface area contributed by atoms with Gasteiger partial charge in [-0.25, -0.2) is 10.2 Å². The normalized spacial score (nSPS) is 10.1. The van der Waals surface area contributed by atoms with Crippen molar-refractivity contribution < 1.29 is 9.18 Å². The topological polar surface area (TPSA) is 92.9 Å². The first-order chi connectivity index (χ1) is 9.69. The summed E-state index contributed by atoms with van der Waals surface area (Å²) in [6, 6.07) is 9.32. The van der Waals surface area contributed by atoms with Crippen LogP contribution < -0.4 is 16.6 Å². The summed E-state index contributed by atoms with van der Waals surface area (Å²) in [4.78, 5) is 11.8. The van der Waals surface area contributed by atoms with E-state index in [1.54, 1.807) is 18.2 Å². The lowest BCUT2D eigenvalue weighted by Crippen LogP contribution is -2.27. The number of hydrazine groups is 1. The Morgan fingerprint density at radius 2 is 2.10 bits per heavy atom. The third-order valence-electron chi connectivity index (χ3n) is 2.63. The number of rotatable bonds is 5. The maximum atomic E-state index is 13.0. The van der Waals surface area contributed by atoms with Gasteiger partial charge in [0.15, 0.2) is 11.5 Å². The predicted molar refractivity (Wildman–Crippen MR) is 72.3 cm³/mol. The van der Waals surface area contributed by atoms with Crippen LogP contribution in [0.5, 0.6) is 0 Å². The Hall–Kier alpha value is -2.54. The summed E-state index contributed by atoms with van der Waals surface area (Å²) < 4.78 is 13.0. The van der Waals surface area contributed by atoms with E-state index in [0.29, 0.717) is 18.8 Å². The van der Waals surface area contributed by atoms with Gasteiger partial charge in [0.05, 0.1) is 0 Å². The number of aromatic nitrogens is 2. The smallest absolute Gasteiger partial charge is 0.271 e. The highest BCUT2D eigenvalue weighted by molar-refractivity contribution is 5.92. The summed E-state index contributed by atoms with van der Waals surface area (Å²) in [5, 5.41) is 10.1. The molecule has 4 N–H and O–H groups in total. The molecule has 1 heterocycles. The van der Waals surface area contributed by atoms with Crippen LogP contribution >= 0.6 is 0 Å². The fourth-order valence-electron chi connectivity index (χ4n) is 1.63. The van der Waals surface area contributed by atoms with Crippen LogP contribution in [0.1, 0.15) is 16.1 Å². The van der Waals surface area contributed by atoms with E-state index in [2.05, 4.69) is 20.9 Å². The van der Waals surface area contributed by atoms with Gasteiger partial charge in [-0.3, -0.25) is 4.79 Å². The lowest BCUT2D eigenvalue weighted by atomic mass is 10.1. The Bertz CT molecular complexity index is 588. The van der Waals surface area contributed by atoms with Gasteiger partial charge in [-0.1, -0.05) is 12.1 Å². The minimum absolute atomic E-state index is 0.197. The molecule has 104 valence electrons. The van der Waals surface area contributed by atoms with Crippen molar-refractivity contribution in [3.63, 3.8) is 0 Å². The summed E-state index contributed by atoms with van der Waals surface area (Å²) in [7, 11) is 0. The number of nitrogens with one attached hydrogen (secondary N) is 2. The summed E-state index contributed by atoms with van der Waals surface area (Å²) in [6.07, 6.45) is 0.541. The quantitative estimate of drug-likeness (QED) is 0.556. The molecule has 0 unspecified atom stereocenters. The zero-order valence-corrected chi connectivity index (χ0v) is 10.6. The van der Waals surface area contributed by atoms with Crippen LogP contribution in [0.3, 0.4) is 0 Å². The van der Waals surface area contributed by atoms with Crippen LogP contribution in [0.2, 0.25) is 0 Å². The summed E-state index contributed by atoms with van der Waals surface area (Å²) >= 11 is 0. The SMILES string of the molecule is NNc1ccc(C(=O)NCCc2cccc(F)c2)nn1. The molecular weight excluding hydrogens is 261 g/mol. The maximum Gasteiger partial charge on any atom is 0.271 e. The number of nitrogens with two attached hydrogens (primary N) is 1. The summed E-state index contributed by atoms with van der Waals surface area (Å²) in [5.74, 6) is 4.90. The van der Waals surface area contributed by atoms with Crippen LogP contribution in [-0.4, -0.2) is 22.6 Å². The molecule has 2 rings (SSSR count). The fourth-order valence-corrected chi connectivity index (χ4v) is 1.63. The van der Waals surface area contributed by atoms with Crippen molar-refractivity contribution in [3.05, 3.63) is 53.5 Å². The van der Waals surface area contributed by atoms with Crippen LogP contribution in [0.4, 0.5) is 10.2 Å². The number of anilines is 1. The van der Waals surface area contributed by atoms with E-state index in [9.17, 15) is 9.18 Å². The minimum atomic E-state index is -0.336. The van der Waals surface area contributed by atoms with Crippen molar-refractivity contribution in [1.82, 2.24) is 15.5 Å². The van der Waals surface area contributed by atoms with Gasteiger partial charge in [0.1, 0.15) is 5.82 Å². The van der Waals surface area contributed by atoms with Crippen molar-refractivity contribution in [1.29, 1.82) is 0 Å². The molecule has 2 aromatic rings. The van der Waals surface area contributed by atoms with Crippen molar-refractivity contribution >= 4 is 11.7 Å². The summed E-state index contributed by atoms with van der Waals surface area (Å²) in [5.41, 5.74) is 3.34. The first-order valence-corrected chi connectivity index (χ1v) is 6.02. The van der Waals surface area contributed by atoms with E-state index in [1.807, 2.05) is 0 Å². The molecule has 0 atom stereocenters. The largest absolute Gasteiger partial charge is 0.350 e. The number of carbonyl (C=O) groups excluding carboxylic acids is 1. The number of halogens is 1. The Balaban J connectivity index is 1.85. The van der Waals surface area contributed by atoms with Crippen LogP contribution in [0.25, 0.3) is 0 Å². The Labute approximate surface area is 115 Å². The van der Waals surface area contributed by atoms with Gasteiger partial charge in [0.2, 0.25) is 0 Å². The molecule has 7 heteroatoms. The second-order valence-corrected chi connectivity index (χ2v) is 4.08. The average Bonchev–Trinajstić information content (AvgIpc) is 2.47. The minimum Gasteiger partial charge on any atom is -0.350 e. The lowest BCUT2D eigenvalue weighted by Gasteiger charge is -2.05. The van der Waals surface area contributed by atoms with Gasteiger partial charge in [-0.2, -0.15) is 0 Å². The van der Waals surface area contributed by atoms with E-state index in [4.69, 9.17) is 5.84 Å².